The van der Waals surface area contributed by atoms with Crippen LogP contribution in [0.2, 0.25) is 5.02 Å². The third kappa shape index (κ3) is 4.86. The molecule has 0 radical (unpaired) electrons. The first-order chi connectivity index (χ1) is 11.0. The van der Waals surface area contributed by atoms with E-state index in [2.05, 4.69) is 10.6 Å². The molecule has 2 amide bonds. The van der Waals surface area contributed by atoms with Crippen LogP contribution in [0.4, 0.5) is 14.9 Å². The molecule has 0 atom stereocenters. The Balaban J connectivity index is 1.91. The lowest BCUT2D eigenvalue weighted by Crippen LogP contribution is -2.30. The summed E-state index contributed by atoms with van der Waals surface area (Å²) < 4.78 is 18.3. The molecule has 0 heterocycles. The Morgan fingerprint density at radius 1 is 1.30 bits per heavy atom. The van der Waals surface area contributed by atoms with Gasteiger partial charge >= 0.3 is 6.03 Å². The van der Waals surface area contributed by atoms with E-state index < -0.39 is 0 Å². The molecule has 0 aliphatic rings. The minimum Gasteiger partial charge on any atom is -0.495 e. The molecule has 2 aromatic rings. The van der Waals surface area contributed by atoms with Crippen LogP contribution in [0.5, 0.6) is 5.75 Å². The Labute approximate surface area is 139 Å². The number of anilines is 1. The zero-order valence-corrected chi connectivity index (χ0v) is 13.7. The molecular weight excluding hydrogens is 319 g/mol. The summed E-state index contributed by atoms with van der Waals surface area (Å²) in [4.78, 5) is 11.9. The molecule has 0 aromatic heterocycles. The van der Waals surface area contributed by atoms with Gasteiger partial charge in [-0.05, 0) is 42.7 Å². The summed E-state index contributed by atoms with van der Waals surface area (Å²) in [7, 11) is 1.51. The number of methoxy groups -OCH3 is 1. The number of benzene rings is 2. The highest BCUT2D eigenvalue weighted by atomic mass is 35.5. The van der Waals surface area contributed by atoms with Gasteiger partial charge in [0, 0.05) is 17.6 Å². The summed E-state index contributed by atoms with van der Waals surface area (Å²) in [6.45, 7) is 2.24. The topological polar surface area (TPSA) is 50.4 Å². The second kappa shape index (κ2) is 7.83. The van der Waals surface area contributed by atoms with Crippen molar-refractivity contribution in [2.75, 3.05) is 19.0 Å². The third-order valence-electron chi connectivity index (χ3n) is 3.32. The molecule has 0 saturated carbocycles. The van der Waals surface area contributed by atoms with Gasteiger partial charge in [-0.3, -0.25) is 0 Å². The number of carbonyl (C=O) groups excluding carboxylic acids is 1. The molecule has 0 unspecified atom stereocenters. The van der Waals surface area contributed by atoms with Crippen LogP contribution in [0, 0.1) is 12.7 Å². The first-order valence-electron chi connectivity index (χ1n) is 7.13. The van der Waals surface area contributed by atoms with Crippen LogP contribution in [0.1, 0.15) is 11.1 Å². The number of nitrogens with one attached hydrogen (secondary N) is 2. The molecular formula is C17H18ClFN2O2. The van der Waals surface area contributed by atoms with Crippen LogP contribution in [0.15, 0.2) is 36.4 Å². The molecule has 0 aliphatic carbocycles. The minimum atomic E-state index is -0.360. The van der Waals surface area contributed by atoms with Crippen molar-refractivity contribution in [3.8, 4) is 5.75 Å². The van der Waals surface area contributed by atoms with Crippen LogP contribution in [-0.4, -0.2) is 19.7 Å². The van der Waals surface area contributed by atoms with E-state index in [0.29, 0.717) is 29.4 Å². The van der Waals surface area contributed by atoms with Gasteiger partial charge in [0.2, 0.25) is 0 Å². The molecule has 122 valence electrons. The normalized spacial score (nSPS) is 10.3. The number of urea groups is 1. The Bertz CT molecular complexity index is 707. The summed E-state index contributed by atoms with van der Waals surface area (Å²) >= 11 is 6.03. The fourth-order valence-electron chi connectivity index (χ4n) is 2.11. The molecule has 0 fully saturated rings. The van der Waals surface area contributed by atoms with Gasteiger partial charge in [-0.1, -0.05) is 23.7 Å². The van der Waals surface area contributed by atoms with Crippen LogP contribution in [0.3, 0.4) is 0 Å². The first-order valence-corrected chi connectivity index (χ1v) is 7.51. The van der Waals surface area contributed by atoms with E-state index in [9.17, 15) is 9.18 Å². The van der Waals surface area contributed by atoms with E-state index in [1.54, 1.807) is 18.2 Å². The highest BCUT2D eigenvalue weighted by molar-refractivity contribution is 6.31. The zero-order valence-electron chi connectivity index (χ0n) is 13.0. The first kappa shape index (κ1) is 17.1. The molecule has 2 aromatic carbocycles. The molecule has 0 saturated heterocycles. The quantitative estimate of drug-likeness (QED) is 0.861. The van der Waals surface area contributed by atoms with Crippen molar-refractivity contribution >= 4 is 23.3 Å². The Morgan fingerprint density at radius 3 is 2.78 bits per heavy atom. The number of ether oxygens (including phenoxy) is 1. The Morgan fingerprint density at radius 2 is 2.09 bits per heavy atom. The monoisotopic (exact) mass is 336 g/mol. The van der Waals surface area contributed by atoms with Crippen molar-refractivity contribution in [1.82, 2.24) is 5.32 Å². The van der Waals surface area contributed by atoms with E-state index in [-0.39, 0.29) is 11.8 Å². The van der Waals surface area contributed by atoms with Crippen molar-refractivity contribution in [1.29, 1.82) is 0 Å². The van der Waals surface area contributed by atoms with Gasteiger partial charge in [0.25, 0.3) is 0 Å². The average molecular weight is 337 g/mol. The highest BCUT2D eigenvalue weighted by Crippen LogP contribution is 2.30. The lowest BCUT2D eigenvalue weighted by molar-refractivity contribution is 0.252. The zero-order chi connectivity index (χ0) is 16.8. The number of aryl methyl sites for hydroxylation is 1. The molecule has 2 rings (SSSR count). The highest BCUT2D eigenvalue weighted by Gasteiger charge is 2.10. The number of rotatable bonds is 5. The minimum absolute atomic E-state index is 0.284. The fourth-order valence-corrected chi connectivity index (χ4v) is 2.26. The maximum Gasteiger partial charge on any atom is 0.319 e. The van der Waals surface area contributed by atoms with Crippen LogP contribution in [-0.2, 0) is 6.42 Å². The molecule has 0 spiro atoms. The van der Waals surface area contributed by atoms with Crippen molar-refractivity contribution in [3.63, 3.8) is 0 Å². The summed E-state index contributed by atoms with van der Waals surface area (Å²) in [6, 6.07) is 9.33. The SMILES string of the molecule is COc1cc(Cl)c(C)cc1NC(=O)NCCc1cccc(F)c1. The van der Waals surface area contributed by atoms with Crippen molar-refractivity contribution < 1.29 is 13.9 Å². The third-order valence-corrected chi connectivity index (χ3v) is 3.72. The van der Waals surface area contributed by atoms with Gasteiger partial charge in [-0.25, -0.2) is 9.18 Å². The maximum atomic E-state index is 13.1. The number of carbonyl (C=O) groups is 1. The van der Waals surface area contributed by atoms with Crippen LogP contribution < -0.4 is 15.4 Å². The summed E-state index contributed by atoms with van der Waals surface area (Å²) in [5.41, 5.74) is 2.20. The molecule has 6 heteroatoms. The van der Waals surface area contributed by atoms with E-state index >= 15 is 0 Å². The number of amides is 2. The second-order valence-corrected chi connectivity index (χ2v) is 5.47. The average Bonchev–Trinajstić information content (AvgIpc) is 2.50. The molecule has 0 aliphatic heterocycles. The molecule has 4 nitrogen and oxygen atoms in total. The van der Waals surface area contributed by atoms with Gasteiger partial charge in [0.05, 0.1) is 12.8 Å². The van der Waals surface area contributed by atoms with Gasteiger partial charge in [-0.2, -0.15) is 0 Å². The number of hydrogen-bond acceptors (Lipinski definition) is 2. The predicted molar refractivity (Wildman–Crippen MR) is 89.9 cm³/mol. The maximum absolute atomic E-state index is 13.1. The number of halogens is 2. The molecule has 2 N–H and O–H groups in total. The smallest absolute Gasteiger partial charge is 0.319 e. The summed E-state index contributed by atoms with van der Waals surface area (Å²) in [5.74, 6) is 0.203. The Hall–Kier alpha value is -2.27. The van der Waals surface area contributed by atoms with E-state index in [4.69, 9.17) is 16.3 Å². The van der Waals surface area contributed by atoms with Crippen LogP contribution >= 0.6 is 11.6 Å². The Kier molecular flexibility index (Phi) is 5.82. The fraction of sp³-hybridized carbons (Fsp3) is 0.235. The standard InChI is InChI=1S/C17H18ClFN2O2/c1-11-8-15(16(23-2)10-14(11)18)21-17(22)20-7-6-12-4-3-5-13(19)9-12/h3-5,8-10H,6-7H2,1-2H3,(H2,20,21,22). The van der Waals surface area contributed by atoms with Gasteiger partial charge in [0.1, 0.15) is 11.6 Å². The van der Waals surface area contributed by atoms with Crippen molar-refractivity contribution in [2.45, 2.75) is 13.3 Å². The van der Waals surface area contributed by atoms with E-state index in [1.165, 1.54) is 19.2 Å². The lowest BCUT2D eigenvalue weighted by Gasteiger charge is -2.13. The largest absolute Gasteiger partial charge is 0.495 e. The number of hydrogen-bond donors (Lipinski definition) is 2. The van der Waals surface area contributed by atoms with Gasteiger partial charge in [-0.15, -0.1) is 0 Å². The van der Waals surface area contributed by atoms with Gasteiger partial charge < -0.3 is 15.4 Å². The second-order valence-electron chi connectivity index (χ2n) is 5.06. The van der Waals surface area contributed by atoms with Crippen molar-refractivity contribution in [3.05, 3.63) is 58.4 Å². The summed E-state index contributed by atoms with van der Waals surface area (Å²) in [5, 5.41) is 6.01. The van der Waals surface area contributed by atoms with E-state index in [0.717, 1.165) is 11.1 Å². The molecule has 23 heavy (non-hydrogen) atoms. The van der Waals surface area contributed by atoms with Crippen molar-refractivity contribution in [2.24, 2.45) is 0 Å². The lowest BCUT2D eigenvalue weighted by atomic mass is 10.1. The van der Waals surface area contributed by atoms with E-state index in [1.807, 2.05) is 13.0 Å². The van der Waals surface area contributed by atoms with Gasteiger partial charge in [0.15, 0.2) is 0 Å². The molecule has 0 bridgehead atoms. The van der Waals surface area contributed by atoms with Crippen LogP contribution in [0.25, 0.3) is 0 Å². The predicted octanol–water partition coefficient (Wildman–Crippen LogP) is 4.16. The summed E-state index contributed by atoms with van der Waals surface area (Å²) in [6.07, 6.45) is 0.544.